The Labute approximate surface area is 156 Å². The van der Waals surface area contributed by atoms with Gasteiger partial charge in [0, 0.05) is 30.3 Å². The van der Waals surface area contributed by atoms with Gasteiger partial charge in [-0.25, -0.2) is 9.97 Å². The second-order valence-corrected chi connectivity index (χ2v) is 7.30. The van der Waals surface area contributed by atoms with E-state index in [1.54, 1.807) is 0 Å². The highest BCUT2D eigenvalue weighted by molar-refractivity contribution is 5.94. The molecule has 1 atom stereocenters. The highest BCUT2D eigenvalue weighted by Gasteiger charge is 2.44. The topological polar surface area (TPSA) is 55.3 Å². The molecule has 0 radical (unpaired) electrons. The third-order valence-corrected chi connectivity index (χ3v) is 5.55. The zero-order valence-electron chi connectivity index (χ0n) is 15.1. The Morgan fingerprint density at radius 1 is 1.26 bits per heavy atom. The van der Waals surface area contributed by atoms with Crippen molar-refractivity contribution < 1.29 is 18.3 Å². The zero-order valence-corrected chi connectivity index (χ0v) is 15.1. The standard InChI is InChI=1S/C20H21F2N3O2/c1-13-23-11-15-7-9-20(17(15)24-13)8-2-10-25(12-20)18(26)14-3-5-16(6-4-14)27-19(21)22/h3-6,11,19H,2,7-10,12H2,1H3. The van der Waals surface area contributed by atoms with Crippen molar-refractivity contribution in [1.29, 1.82) is 0 Å². The number of likely N-dealkylation sites (tertiary alicyclic amines) is 1. The lowest BCUT2D eigenvalue weighted by Gasteiger charge is -2.40. The van der Waals surface area contributed by atoms with E-state index in [2.05, 4.69) is 9.72 Å². The summed E-state index contributed by atoms with van der Waals surface area (Å²) in [5.74, 6) is 0.721. The Bertz CT molecular complexity index is 853. The first-order valence-electron chi connectivity index (χ1n) is 9.14. The van der Waals surface area contributed by atoms with E-state index in [-0.39, 0.29) is 17.1 Å². The number of rotatable bonds is 3. The molecule has 4 rings (SSSR count). The fraction of sp³-hybridized carbons (Fsp3) is 0.450. The molecule has 1 amide bonds. The molecule has 0 bridgehead atoms. The van der Waals surface area contributed by atoms with Crippen molar-refractivity contribution in [2.24, 2.45) is 0 Å². The molecule has 2 aromatic rings. The molecule has 5 nitrogen and oxygen atoms in total. The number of carbonyl (C=O) groups excluding carboxylic acids is 1. The van der Waals surface area contributed by atoms with E-state index < -0.39 is 6.61 Å². The summed E-state index contributed by atoms with van der Waals surface area (Å²) in [5, 5.41) is 0. The quantitative estimate of drug-likeness (QED) is 0.826. The van der Waals surface area contributed by atoms with Crippen LogP contribution in [0.2, 0.25) is 0 Å². The molecule has 27 heavy (non-hydrogen) atoms. The molecule has 1 saturated heterocycles. The molecule has 1 spiro atoms. The summed E-state index contributed by atoms with van der Waals surface area (Å²) in [6.45, 7) is 0.336. The summed E-state index contributed by atoms with van der Waals surface area (Å²) in [4.78, 5) is 23.8. The van der Waals surface area contributed by atoms with Crippen LogP contribution < -0.4 is 4.74 Å². The molecule has 0 N–H and O–H groups in total. The van der Waals surface area contributed by atoms with Gasteiger partial charge in [-0.05, 0) is 62.4 Å². The van der Waals surface area contributed by atoms with Crippen LogP contribution in [0.15, 0.2) is 30.5 Å². The molecule has 1 unspecified atom stereocenters. The summed E-state index contributed by atoms with van der Waals surface area (Å²) >= 11 is 0. The number of piperidine rings is 1. The molecule has 142 valence electrons. The van der Waals surface area contributed by atoms with Gasteiger partial charge in [-0.3, -0.25) is 4.79 Å². The summed E-state index contributed by atoms with van der Waals surface area (Å²) in [7, 11) is 0. The number of aromatic nitrogens is 2. The van der Waals surface area contributed by atoms with Crippen molar-refractivity contribution in [3.63, 3.8) is 0 Å². The van der Waals surface area contributed by atoms with Gasteiger partial charge < -0.3 is 9.64 Å². The number of fused-ring (bicyclic) bond motifs is 2. The van der Waals surface area contributed by atoms with E-state index in [4.69, 9.17) is 4.98 Å². The molecule has 2 aliphatic rings. The first-order chi connectivity index (χ1) is 13.0. The Morgan fingerprint density at radius 2 is 2.04 bits per heavy atom. The van der Waals surface area contributed by atoms with Crippen LogP contribution in [0.25, 0.3) is 0 Å². The van der Waals surface area contributed by atoms with E-state index >= 15 is 0 Å². The zero-order chi connectivity index (χ0) is 19.0. The van der Waals surface area contributed by atoms with Crippen molar-refractivity contribution in [1.82, 2.24) is 14.9 Å². The minimum atomic E-state index is -2.87. The Morgan fingerprint density at radius 3 is 2.78 bits per heavy atom. The molecule has 1 fully saturated rings. The smallest absolute Gasteiger partial charge is 0.387 e. The predicted molar refractivity (Wildman–Crippen MR) is 95.0 cm³/mol. The van der Waals surface area contributed by atoms with Gasteiger partial charge in [0.05, 0.1) is 5.69 Å². The number of halogens is 2. The molecule has 1 aromatic carbocycles. The SMILES string of the molecule is Cc1ncc2c(n1)C1(CCCN(C(=O)c3ccc(OC(F)F)cc3)C1)CC2. The van der Waals surface area contributed by atoms with Gasteiger partial charge >= 0.3 is 6.61 Å². The Balaban J connectivity index is 1.54. The Kier molecular flexibility index (Phi) is 4.53. The monoisotopic (exact) mass is 373 g/mol. The third-order valence-electron chi connectivity index (χ3n) is 5.55. The second-order valence-electron chi connectivity index (χ2n) is 7.30. The molecule has 1 aliphatic heterocycles. The van der Waals surface area contributed by atoms with Crippen LogP contribution >= 0.6 is 0 Å². The fourth-order valence-electron chi connectivity index (χ4n) is 4.29. The lowest BCUT2D eigenvalue weighted by Crippen LogP contribution is -2.48. The number of hydrogen-bond acceptors (Lipinski definition) is 4. The van der Waals surface area contributed by atoms with Crippen LogP contribution in [0.1, 0.15) is 46.7 Å². The van der Waals surface area contributed by atoms with Gasteiger partial charge in [-0.15, -0.1) is 0 Å². The van der Waals surface area contributed by atoms with Gasteiger partial charge in [0.1, 0.15) is 11.6 Å². The molecule has 1 aliphatic carbocycles. The van der Waals surface area contributed by atoms with E-state index in [0.717, 1.165) is 37.2 Å². The largest absolute Gasteiger partial charge is 0.435 e. The first kappa shape index (κ1) is 17.8. The van der Waals surface area contributed by atoms with Crippen LogP contribution in [-0.4, -0.2) is 40.5 Å². The second kappa shape index (κ2) is 6.87. The minimum Gasteiger partial charge on any atom is -0.435 e. The average molecular weight is 373 g/mol. The van der Waals surface area contributed by atoms with Crippen LogP contribution in [-0.2, 0) is 11.8 Å². The van der Waals surface area contributed by atoms with Crippen molar-refractivity contribution in [3.05, 3.63) is 53.1 Å². The van der Waals surface area contributed by atoms with E-state index in [1.165, 1.54) is 29.8 Å². The summed E-state index contributed by atoms with van der Waals surface area (Å²) < 4.78 is 28.9. The summed E-state index contributed by atoms with van der Waals surface area (Å²) in [5.41, 5.74) is 2.65. The number of ether oxygens (including phenoxy) is 1. The fourth-order valence-corrected chi connectivity index (χ4v) is 4.29. The number of amides is 1. The lowest BCUT2D eigenvalue weighted by molar-refractivity contribution is -0.0498. The molecular weight excluding hydrogens is 352 g/mol. The first-order valence-corrected chi connectivity index (χ1v) is 9.14. The van der Waals surface area contributed by atoms with Crippen LogP contribution in [0.3, 0.4) is 0 Å². The molecule has 0 saturated carbocycles. The third kappa shape index (κ3) is 3.38. The van der Waals surface area contributed by atoms with Crippen molar-refractivity contribution in [3.8, 4) is 5.75 Å². The number of aryl methyl sites for hydroxylation is 2. The minimum absolute atomic E-state index is 0.0496. The number of hydrogen-bond donors (Lipinski definition) is 0. The number of alkyl halides is 2. The van der Waals surface area contributed by atoms with Crippen molar-refractivity contribution in [2.45, 2.75) is 44.6 Å². The number of nitrogens with zero attached hydrogens (tertiary/aromatic N) is 3. The molecule has 2 heterocycles. The highest BCUT2D eigenvalue weighted by atomic mass is 19.3. The van der Waals surface area contributed by atoms with E-state index in [9.17, 15) is 13.6 Å². The number of benzene rings is 1. The van der Waals surface area contributed by atoms with E-state index in [1.807, 2.05) is 18.0 Å². The van der Waals surface area contributed by atoms with Gasteiger partial charge in [0.2, 0.25) is 0 Å². The Hall–Kier alpha value is -2.57. The van der Waals surface area contributed by atoms with Crippen LogP contribution in [0, 0.1) is 6.92 Å². The molecule has 7 heteroatoms. The summed E-state index contributed by atoms with van der Waals surface area (Å²) in [6, 6.07) is 5.88. The summed E-state index contributed by atoms with van der Waals surface area (Å²) in [6.07, 6.45) is 5.76. The van der Waals surface area contributed by atoms with Gasteiger partial charge in [0.25, 0.3) is 5.91 Å². The maximum Gasteiger partial charge on any atom is 0.387 e. The van der Waals surface area contributed by atoms with Crippen molar-refractivity contribution >= 4 is 5.91 Å². The van der Waals surface area contributed by atoms with Gasteiger partial charge in [-0.2, -0.15) is 8.78 Å². The van der Waals surface area contributed by atoms with Gasteiger partial charge in [-0.1, -0.05) is 0 Å². The van der Waals surface area contributed by atoms with Crippen LogP contribution in [0.4, 0.5) is 8.78 Å². The van der Waals surface area contributed by atoms with Crippen LogP contribution in [0.5, 0.6) is 5.75 Å². The van der Waals surface area contributed by atoms with Crippen molar-refractivity contribution in [2.75, 3.05) is 13.1 Å². The molecular formula is C20H21F2N3O2. The maximum atomic E-state index is 13.0. The predicted octanol–water partition coefficient (Wildman–Crippen LogP) is 3.51. The van der Waals surface area contributed by atoms with Gasteiger partial charge in [0.15, 0.2) is 0 Å². The maximum absolute atomic E-state index is 13.0. The average Bonchev–Trinajstić information content (AvgIpc) is 2.99. The van der Waals surface area contributed by atoms with E-state index in [0.29, 0.717) is 18.7 Å². The normalized spacial score (nSPS) is 21.6. The molecule has 1 aromatic heterocycles. The highest BCUT2D eigenvalue weighted by Crippen LogP contribution is 2.44. The number of carbonyl (C=O) groups is 1. The lowest BCUT2D eigenvalue weighted by atomic mass is 9.77.